The van der Waals surface area contributed by atoms with Gasteiger partial charge in [0.25, 0.3) is 5.91 Å². The van der Waals surface area contributed by atoms with Crippen molar-refractivity contribution in [2.24, 2.45) is 11.7 Å². The van der Waals surface area contributed by atoms with Crippen molar-refractivity contribution in [3.05, 3.63) is 56.5 Å². The minimum atomic E-state index is -0.716. The first-order valence-corrected chi connectivity index (χ1v) is 12.7. The number of methoxy groups -OCH3 is 1. The maximum atomic E-state index is 13.5. The second kappa shape index (κ2) is 14.8. The van der Waals surface area contributed by atoms with Crippen LogP contribution in [0.2, 0.25) is 0 Å². The van der Waals surface area contributed by atoms with Gasteiger partial charge in [0.2, 0.25) is 5.91 Å². The minimum absolute atomic E-state index is 0. The SMILES string of the molecule is CCC(C(=O)c1sc(C(=O)NCCNC(=O)[C@@H](N)CC(C)C)c(C)c1C(=O)OC)c1ccc(F)cc1.Cl. The van der Waals surface area contributed by atoms with Crippen LogP contribution in [-0.2, 0) is 9.53 Å². The van der Waals surface area contributed by atoms with Crippen LogP contribution in [0.25, 0.3) is 0 Å². The molecule has 0 radical (unpaired) electrons. The van der Waals surface area contributed by atoms with E-state index in [-0.39, 0.29) is 58.4 Å². The maximum absolute atomic E-state index is 13.5. The molecule has 2 amide bonds. The Balaban J connectivity index is 0.00000684. The first-order chi connectivity index (χ1) is 17.0. The predicted molar refractivity (Wildman–Crippen MR) is 144 cm³/mol. The zero-order valence-electron chi connectivity index (χ0n) is 21.7. The fourth-order valence-corrected chi connectivity index (χ4v) is 5.07. The minimum Gasteiger partial charge on any atom is -0.465 e. The molecular formula is C26H35ClFN3O5S. The summed E-state index contributed by atoms with van der Waals surface area (Å²) in [7, 11) is 1.21. The number of carbonyl (C=O) groups is 4. The van der Waals surface area contributed by atoms with Gasteiger partial charge in [0.15, 0.2) is 5.78 Å². The third-order valence-corrected chi connectivity index (χ3v) is 7.04. The van der Waals surface area contributed by atoms with Gasteiger partial charge in [0.1, 0.15) is 5.82 Å². The second-order valence-corrected chi connectivity index (χ2v) is 9.93. The van der Waals surface area contributed by atoms with Crippen LogP contribution in [0.15, 0.2) is 24.3 Å². The predicted octanol–water partition coefficient (Wildman–Crippen LogP) is 4.00. The number of nitrogens with one attached hydrogen (secondary N) is 2. The average molecular weight is 556 g/mol. The van der Waals surface area contributed by atoms with E-state index in [1.165, 1.54) is 31.4 Å². The average Bonchev–Trinajstić information content (AvgIpc) is 3.19. The molecular weight excluding hydrogens is 521 g/mol. The van der Waals surface area contributed by atoms with Gasteiger partial charge in [-0.05, 0) is 48.9 Å². The Kier molecular flexibility index (Phi) is 12.9. The van der Waals surface area contributed by atoms with Gasteiger partial charge in [0, 0.05) is 19.0 Å². The summed E-state index contributed by atoms with van der Waals surface area (Å²) in [6, 6.07) is 5.01. The van der Waals surface area contributed by atoms with Crippen molar-refractivity contribution in [1.82, 2.24) is 10.6 Å². The van der Waals surface area contributed by atoms with Crippen LogP contribution < -0.4 is 16.4 Å². The summed E-state index contributed by atoms with van der Waals surface area (Å²) in [5.74, 6) is -2.58. The molecule has 0 aliphatic heterocycles. The molecule has 1 aromatic carbocycles. The van der Waals surface area contributed by atoms with E-state index in [2.05, 4.69) is 10.6 Å². The molecule has 4 N–H and O–H groups in total. The van der Waals surface area contributed by atoms with Crippen molar-refractivity contribution in [2.45, 2.75) is 52.5 Å². The second-order valence-electron chi connectivity index (χ2n) is 8.91. The topological polar surface area (TPSA) is 128 Å². The Morgan fingerprint density at radius 3 is 2.19 bits per heavy atom. The van der Waals surface area contributed by atoms with Gasteiger partial charge < -0.3 is 21.1 Å². The third kappa shape index (κ3) is 8.34. The van der Waals surface area contributed by atoms with E-state index in [0.29, 0.717) is 24.0 Å². The summed E-state index contributed by atoms with van der Waals surface area (Å²) < 4.78 is 18.3. The molecule has 2 aromatic rings. The molecule has 1 heterocycles. The van der Waals surface area contributed by atoms with Crippen molar-refractivity contribution < 1.29 is 28.3 Å². The van der Waals surface area contributed by atoms with Crippen molar-refractivity contribution in [2.75, 3.05) is 20.2 Å². The number of esters is 1. The molecule has 0 saturated carbocycles. The molecule has 0 aliphatic rings. The number of hydrogen-bond donors (Lipinski definition) is 3. The van der Waals surface area contributed by atoms with Crippen molar-refractivity contribution >= 4 is 47.3 Å². The highest BCUT2D eigenvalue weighted by Gasteiger charge is 2.32. The van der Waals surface area contributed by atoms with Crippen molar-refractivity contribution in [3.63, 3.8) is 0 Å². The molecule has 0 fully saturated rings. The highest BCUT2D eigenvalue weighted by Crippen LogP contribution is 2.34. The molecule has 0 bridgehead atoms. The fraction of sp³-hybridized carbons (Fsp3) is 0.462. The van der Waals surface area contributed by atoms with Crippen LogP contribution >= 0.6 is 23.7 Å². The number of halogens is 2. The molecule has 8 nitrogen and oxygen atoms in total. The van der Waals surface area contributed by atoms with Crippen LogP contribution in [0.4, 0.5) is 4.39 Å². The zero-order valence-corrected chi connectivity index (χ0v) is 23.3. The summed E-state index contributed by atoms with van der Waals surface area (Å²) in [6.07, 6.45) is 0.971. The van der Waals surface area contributed by atoms with Crippen molar-refractivity contribution in [1.29, 1.82) is 0 Å². The number of benzene rings is 1. The first kappa shape index (κ1) is 32.2. The highest BCUT2D eigenvalue weighted by molar-refractivity contribution is 7.16. The van der Waals surface area contributed by atoms with Crippen LogP contribution in [0.3, 0.4) is 0 Å². The van der Waals surface area contributed by atoms with Gasteiger partial charge in [0.05, 0.1) is 28.5 Å². The van der Waals surface area contributed by atoms with E-state index in [1.807, 2.05) is 20.8 Å². The molecule has 1 aromatic heterocycles. The molecule has 0 spiro atoms. The van der Waals surface area contributed by atoms with Gasteiger partial charge in [-0.3, -0.25) is 14.4 Å². The monoisotopic (exact) mass is 555 g/mol. The molecule has 0 aliphatic carbocycles. The van der Waals surface area contributed by atoms with Crippen LogP contribution in [0.5, 0.6) is 0 Å². The van der Waals surface area contributed by atoms with E-state index in [4.69, 9.17) is 10.5 Å². The molecule has 11 heteroatoms. The van der Waals surface area contributed by atoms with Gasteiger partial charge in [-0.1, -0.05) is 32.9 Å². The van der Waals surface area contributed by atoms with Crippen LogP contribution in [0, 0.1) is 18.7 Å². The standard InChI is InChI=1S/C26H34FN3O5S.ClH/c1-6-18(16-7-9-17(27)10-8-16)21(31)23-20(26(34)35-5)15(4)22(36-23)25(33)30-12-11-29-24(32)19(28)13-14(2)3;/h7-10,14,18-19H,6,11-13,28H2,1-5H3,(H,29,32)(H,30,33);1H/t18?,19-;/m0./s1. The largest absolute Gasteiger partial charge is 0.465 e. The zero-order chi connectivity index (χ0) is 27.0. The summed E-state index contributed by atoms with van der Waals surface area (Å²) in [6.45, 7) is 7.67. The van der Waals surface area contributed by atoms with E-state index in [1.54, 1.807) is 6.92 Å². The number of ketones is 1. The maximum Gasteiger partial charge on any atom is 0.339 e. The third-order valence-electron chi connectivity index (χ3n) is 5.74. The van der Waals surface area contributed by atoms with E-state index in [0.717, 1.165) is 11.3 Å². The lowest BCUT2D eigenvalue weighted by Crippen LogP contribution is -2.44. The number of carbonyl (C=O) groups excluding carboxylic acids is 4. The summed E-state index contributed by atoms with van der Waals surface area (Å²) in [5, 5.41) is 5.39. The first-order valence-electron chi connectivity index (χ1n) is 11.8. The van der Waals surface area contributed by atoms with Crippen LogP contribution in [-0.4, -0.2) is 49.8 Å². The number of nitrogens with two attached hydrogens (primary N) is 1. The van der Waals surface area contributed by atoms with E-state index in [9.17, 15) is 23.6 Å². The number of amides is 2. The smallest absolute Gasteiger partial charge is 0.339 e. The highest BCUT2D eigenvalue weighted by atomic mass is 35.5. The lowest BCUT2D eigenvalue weighted by Gasteiger charge is -2.14. The number of rotatable bonds is 12. The lowest BCUT2D eigenvalue weighted by molar-refractivity contribution is -0.122. The Hall–Kier alpha value is -2.82. The van der Waals surface area contributed by atoms with Gasteiger partial charge in [-0.25, -0.2) is 9.18 Å². The normalized spacial score (nSPS) is 12.3. The Bertz CT molecular complexity index is 1100. The Morgan fingerprint density at radius 2 is 1.65 bits per heavy atom. The quantitative estimate of drug-likeness (QED) is 0.206. The molecule has 204 valence electrons. The molecule has 2 rings (SSSR count). The number of ether oxygens (including phenoxy) is 1. The Labute approximate surface area is 226 Å². The molecule has 0 saturated heterocycles. The summed E-state index contributed by atoms with van der Waals surface area (Å²) in [5.41, 5.74) is 6.85. The number of thiophene rings is 1. The van der Waals surface area contributed by atoms with E-state index < -0.39 is 29.7 Å². The van der Waals surface area contributed by atoms with Gasteiger partial charge in [-0.15, -0.1) is 23.7 Å². The summed E-state index contributed by atoms with van der Waals surface area (Å²) in [4.78, 5) is 51.3. The van der Waals surface area contributed by atoms with Crippen LogP contribution in [0.1, 0.15) is 80.4 Å². The number of Topliss-reactive ketones (excluding diaryl/α,β-unsaturated/α-hetero) is 1. The number of hydrogen-bond acceptors (Lipinski definition) is 7. The molecule has 2 atom stereocenters. The van der Waals surface area contributed by atoms with Gasteiger partial charge >= 0.3 is 5.97 Å². The fourth-order valence-electron chi connectivity index (χ4n) is 3.87. The molecule has 37 heavy (non-hydrogen) atoms. The van der Waals surface area contributed by atoms with Crippen molar-refractivity contribution in [3.8, 4) is 0 Å². The molecule has 1 unspecified atom stereocenters. The Morgan fingerprint density at radius 1 is 1.05 bits per heavy atom. The summed E-state index contributed by atoms with van der Waals surface area (Å²) >= 11 is 0.920. The van der Waals surface area contributed by atoms with Gasteiger partial charge in [-0.2, -0.15) is 0 Å². The lowest BCUT2D eigenvalue weighted by atomic mass is 9.90. The van der Waals surface area contributed by atoms with E-state index >= 15 is 0 Å².